The molecule has 2 aromatic rings. The second-order valence-electron chi connectivity index (χ2n) is 4.98. The van der Waals surface area contributed by atoms with Crippen molar-refractivity contribution in [2.75, 3.05) is 13.7 Å². The van der Waals surface area contributed by atoms with E-state index in [0.29, 0.717) is 0 Å². The Bertz CT molecular complexity index is 505. The van der Waals surface area contributed by atoms with E-state index in [-0.39, 0.29) is 12.1 Å². The molecule has 92 valence electrons. The van der Waals surface area contributed by atoms with Crippen molar-refractivity contribution in [1.29, 1.82) is 0 Å². The van der Waals surface area contributed by atoms with Gasteiger partial charge in [-0.2, -0.15) is 0 Å². The topological polar surface area (TPSA) is 49.5 Å². The number of aliphatic hydroxyl groups excluding tert-OH is 1. The molecule has 1 heterocycles. The second-order valence-corrected chi connectivity index (χ2v) is 4.98. The van der Waals surface area contributed by atoms with Gasteiger partial charge in [0.05, 0.1) is 6.61 Å². The van der Waals surface area contributed by atoms with Crippen LogP contribution in [0, 0.1) is 0 Å². The predicted molar refractivity (Wildman–Crippen MR) is 66.6 cm³/mol. The molecule has 0 aliphatic rings. The molecule has 1 aromatic heterocycles. The number of aromatic nitrogens is 1. The quantitative estimate of drug-likeness (QED) is 0.879. The first kappa shape index (κ1) is 12.1. The van der Waals surface area contributed by atoms with Gasteiger partial charge in [0.2, 0.25) is 0 Å². The molecule has 2 rings (SSSR count). The summed E-state index contributed by atoms with van der Waals surface area (Å²) >= 11 is 0. The molecule has 4 nitrogen and oxygen atoms in total. The molecule has 0 bridgehead atoms. The van der Waals surface area contributed by atoms with Crippen LogP contribution in [0.3, 0.4) is 0 Å². The van der Waals surface area contributed by atoms with Crippen molar-refractivity contribution in [3.8, 4) is 0 Å². The largest absolute Gasteiger partial charge is 0.443 e. The van der Waals surface area contributed by atoms with E-state index in [4.69, 9.17) is 4.42 Å². The minimum absolute atomic E-state index is 0.133. The summed E-state index contributed by atoms with van der Waals surface area (Å²) in [6, 6.07) is 5.98. The molecule has 17 heavy (non-hydrogen) atoms. The third-order valence-corrected chi connectivity index (χ3v) is 3.24. The Morgan fingerprint density at radius 1 is 1.41 bits per heavy atom. The first-order valence-electron chi connectivity index (χ1n) is 5.67. The number of benzene rings is 1. The van der Waals surface area contributed by atoms with E-state index in [1.54, 1.807) is 0 Å². The molecule has 0 amide bonds. The van der Waals surface area contributed by atoms with Crippen LogP contribution in [0.15, 0.2) is 29.0 Å². The molecule has 1 aromatic carbocycles. The highest BCUT2D eigenvalue weighted by molar-refractivity contribution is 5.72. The first-order chi connectivity index (χ1) is 8.03. The lowest BCUT2D eigenvalue weighted by molar-refractivity contribution is 0.0734. The van der Waals surface area contributed by atoms with E-state index in [2.05, 4.69) is 9.88 Å². The maximum atomic E-state index is 9.31. The predicted octanol–water partition coefficient (Wildman–Crippen LogP) is 2.03. The second kappa shape index (κ2) is 4.47. The molecule has 0 saturated carbocycles. The summed E-state index contributed by atoms with van der Waals surface area (Å²) in [4.78, 5) is 6.20. The minimum atomic E-state index is -0.226. The minimum Gasteiger partial charge on any atom is -0.443 e. The third kappa shape index (κ3) is 2.48. The number of nitrogens with zero attached hydrogens (tertiary/aromatic N) is 2. The van der Waals surface area contributed by atoms with Gasteiger partial charge in [-0.05, 0) is 38.6 Å². The number of rotatable bonds is 4. The van der Waals surface area contributed by atoms with Crippen LogP contribution in [-0.4, -0.2) is 34.2 Å². The molecule has 1 N–H and O–H groups in total. The van der Waals surface area contributed by atoms with E-state index in [0.717, 1.165) is 23.2 Å². The average molecular weight is 234 g/mol. The van der Waals surface area contributed by atoms with Crippen molar-refractivity contribution < 1.29 is 9.52 Å². The lowest BCUT2D eigenvalue weighted by atomic mass is 10.0. The van der Waals surface area contributed by atoms with Gasteiger partial charge in [0.1, 0.15) is 5.52 Å². The Hall–Kier alpha value is -1.39. The number of aliphatic hydroxyl groups is 1. The van der Waals surface area contributed by atoms with Crippen LogP contribution in [0.25, 0.3) is 11.1 Å². The molecule has 0 fully saturated rings. The number of likely N-dealkylation sites (N-methyl/N-ethyl adjacent to an activating group) is 1. The number of oxazole rings is 1. The Kier molecular flexibility index (Phi) is 3.17. The van der Waals surface area contributed by atoms with Crippen molar-refractivity contribution in [2.24, 2.45) is 0 Å². The zero-order valence-electron chi connectivity index (χ0n) is 10.5. The Morgan fingerprint density at radius 3 is 2.88 bits per heavy atom. The molecule has 0 atom stereocenters. The van der Waals surface area contributed by atoms with Gasteiger partial charge in [-0.15, -0.1) is 0 Å². The van der Waals surface area contributed by atoms with E-state index >= 15 is 0 Å². The standard InChI is InChI=1S/C13H18N2O2/c1-13(2,8-16)15(3)7-10-4-5-11-12(6-10)17-9-14-11/h4-6,9,16H,7-8H2,1-3H3. The summed E-state index contributed by atoms with van der Waals surface area (Å²) in [5.41, 5.74) is 2.60. The normalized spacial score (nSPS) is 12.5. The van der Waals surface area contributed by atoms with Crippen LogP contribution in [0.5, 0.6) is 0 Å². The monoisotopic (exact) mass is 234 g/mol. The summed E-state index contributed by atoms with van der Waals surface area (Å²) in [6.07, 6.45) is 1.45. The van der Waals surface area contributed by atoms with Gasteiger partial charge in [0.15, 0.2) is 12.0 Å². The fourth-order valence-corrected chi connectivity index (χ4v) is 1.61. The van der Waals surface area contributed by atoms with Crippen molar-refractivity contribution in [3.63, 3.8) is 0 Å². The number of fused-ring (bicyclic) bond motifs is 1. The molecule has 0 aliphatic heterocycles. The van der Waals surface area contributed by atoms with Crippen LogP contribution in [0.4, 0.5) is 0 Å². The van der Waals surface area contributed by atoms with E-state index < -0.39 is 0 Å². The average Bonchev–Trinajstić information content (AvgIpc) is 2.76. The maximum absolute atomic E-state index is 9.31. The smallest absolute Gasteiger partial charge is 0.181 e. The molecule has 0 unspecified atom stereocenters. The van der Waals surface area contributed by atoms with E-state index in [9.17, 15) is 5.11 Å². The van der Waals surface area contributed by atoms with Crippen LogP contribution >= 0.6 is 0 Å². The molecule has 0 spiro atoms. The molecule has 0 radical (unpaired) electrons. The first-order valence-corrected chi connectivity index (χ1v) is 5.67. The Labute approximate surface area is 101 Å². The number of hydrogen-bond donors (Lipinski definition) is 1. The van der Waals surface area contributed by atoms with Crippen molar-refractivity contribution in [1.82, 2.24) is 9.88 Å². The molecular weight excluding hydrogens is 216 g/mol. The van der Waals surface area contributed by atoms with Crippen LogP contribution in [0.1, 0.15) is 19.4 Å². The zero-order chi connectivity index (χ0) is 12.5. The lowest BCUT2D eigenvalue weighted by Gasteiger charge is -2.33. The van der Waals surface area contributed by atoms with Crippen LogP contribution in [0.2, 0.25) is 0 Å². The fraction of sp³-hybridized carbons (Fsp3) is 0.462. The Morgan fingerprint density at radius 2 is 2.18 bits per heavy atom. The van der Waals surface area contributed by atoms with E-state index in [1.807, 2.05) is 39.1 Å². The van der Waals surface area contributed by atoms with Gasteiger partial charge in [0.25, 0.3) is 0 Å². The maximum Gasteiger partial charge on any atom is 0.181 e. The van der Waals surface area contributed by atoms with Crippen LogP contribution < -0.4 is 0 Å². The van der Waals surface area contributed by atoms with Gasteiger partial charge < -0.3 is 9.52 Å². The van der Waals surface area contributed by atoms with Crippen molar-refractivity contribution >= 4 is 11.1 Å². The van der Waals surface area contributed by atoms with Crippen molar-refractivity contribution in [2.45, 2.75) is 25.9 Å². The summed E-state index contributed by atoms with van der Waals surface area (Å²) in [5.74, 6) is 0. The fourth-order valence-electron chi connectivity index (χ4n) is 1.61. The van der Waals surface area contributed by atoms with E-state index in [1.165, 1.54) is 6.39 Å². The SMILES string of the molecule is CN(Cc1ccc2ncoc2c1)C(C)(C)CO. The zero-order valence-corrected chi connectivity index (χ0v) is 10.5. The molecular formula is C13H18N2O2. The summed E-state index contributed by atoms with van der Waals surface area (Å²) < 4.78 is 5.27. The highest BCUT2D eigenvalue weighted by atomic mass is 16.3. The lowest BCUT2D eigenvalue weighted by Crippen LogP contribution is -2.43. The van der Waals surface area contributed by atoms with Gasteiger partial charge in [-0.1, -0.05) is 6.07 Å². The third-order valence-electron chi connectivity index (χ3n) is 3.24. The summed E-state index contributed by atoms with van der Waals surface area (Å²) in [5, 5.41) is 9.31. The van der Waals surface area contributed by atoms with Gasteiger partial charge in [-0.25, -0.2) is 4.98 Å². The number of hydrogen-bond acceptors (Lipinski definition) is 4. The van der Waals surface area contributed by atoms with Crippen LogP contribution in [-0.2, 0) is 6.54 Å². The molecule has 4 heteroatoms. The summed E-state index contributed by atoms with van der Waals surface area (Å²) in [6.45, 7) is 4.93. The highest BCUT2D eigenvalue weighted by Gasteiger charge is 2.22. The van der Waals surface area contributed by atoms with Gasteiger partial charge in [0, 0.05) is 12.1 Å². The Balaban J connectivity index is 2.18. The molecule has 0 aliphatic carbocycles. The summed E-state index contributed by atoms with van der Waals surface area (Å²) in [7, 11) is 2.00. The van der Waals surface area contributed by atoms with Gasteiger partial charge in [-0.3, -0.25) is 4.90 Å². The van der Waals surface area contributed by atoms with Gasteiger partial charge >= 0.3 is 0 Å². The highest BCUT2D eigenvalue weighted by Crippen LogP contribution is 2.18. The van der Waals surface area contributed by atoms with Crippen molar-refractivity contribution in [3.05, 3.63) is 30.2 Å². The molecule has 0 saturated heterocycles.